The molecule has 8 nitrogen and oxygen atoms in total. The molecule has 0 N–H and O–H groups in total. The van der Waals surface area contributed by atoms with Crippen LogP contribution in [0.4, 0.5) is 0 Å². The van der Waals surface area contributed by atoms with Crippen LogP contribution in [0.2, 0.25) is 0 Å². The maximum Gasteiger partial charge on any atom is 0.233 e. The molecule has 2 aromatic heterocycles. The van der Waals surface area contributed by atoms with Gasteiger partial charge in [-0.05, 0) is 25.0 Å². The molecule has 142 valence electrons. The first-order chi connectivity index (χ1) is 13.2. The lowest BCUT2D eigenvalue weighted by Gasteiger charge is -2.19. The van der Waals surface area contributed by atoms with Gasteiger partial charge in [0, 0.05) is 20.1 Å². The summed E-state index contributed by atoms with van der Waals surface area (Å²) in [7, 11) is 1.92. The van der Waals surface area contributed by atoms with E-state index in [-0.39, 0.29) is 5.91 Å². The number of nitrogens with zero attached hydrogens (tertiary/aromatic N) is 7. The topological polar surface area (TPSA) is 81.7 Å². The van der Waals surface area contributed by atoms with Crippen molar-refractivity contribution < 1.29 is 4.79 Å². The van der Waals surface area contributed by atoms with Gasteiger partial charge >= 0.3 is 0 Å². The molecular weight excluding hydrogens is 362 g/mol. The van der Waals surface area contributed by atoms with Crippen LogP contribution in [0.25, 0.3) is 11.0 Å². The van der Waals surface area contributed by atoms with E-state index < -0.39 is 0 Å². The van der Waals surface area contributed by atoms with E-state index in [0.29, 0.717) is 12.3 Å². The van der Waals surface area contributed by atoms with E-state index in [9.17, 15) is 4.79 Å². The summed E-state index contributed by atoms with van der Waals surface area (Å²) in [6.07, 6.45) is 4.66. The number of likely N-dealkylation sites (tertiary alicyclic amines) is 1. The highest BCUT2D eigenvalue weighted by Gasteiger charge is 2.18. The average Bonchev–Trinajstić information content (AvgIpc) is 3.12. The lowest BCUT2D eigenvalue weighted by molar-refractivity contribution is -0.128. The number of fused-ring (bicyclic) bond motifs is 1. The molecule has 4 rings (SSSR count). The van der Waals surface area contributed by atoms with Crippen LogP contribution >= 0.6 is 11.8 Å². The fourth-order valence-corrected chi connectivity index (χ4v) is 4.15. The van der Waals surface area contributed by atoms with Crippen molar-refractivity contribution in [3.8, 4) is 0 Å². The van der Waals surface area contributed by atoms with E-state index in [2.05, 4.69) is 20.5 Å². The molecule has 0 spiro atoms. The van der Waals surface area contributed by atoms with Crippen LogP contribution in [0.3, 0.4) is 0 Å². The third-order valence-electron chi connectivity index (χ3n) is 4.92. The molecule has 1 saturated heterocycles. The second kappa shape index (κ2) is 8.08. The lowest BCUT2D eigenvalue weighted by Crippen LogP contribution is -2.33. The lowest BCUT2D eigenvalue weighted by atomic mass is 10.2. The summed E-state index contributed by atoms with van der Waals surface area (Å²) < 4.78 is 3.74. The SMILES string of the molecule is Cn1c(Cn2nnc3ccccc32)nnc1SCC(=O)N1CCCCCC1. The summed E-state index contributed by atoms with van der Waals surface area (Å²) in [6.45, 7) is 2.25. The Bertz CT molecular complexity index is 927. The molecule has 1 aliphatic heterocycles. The molecule has 0 unspecified atom stereocenters. The van der Waals surface area contributed by atoms with Gasteiger partial charge in [-0.1, -0.05) is 41.9 Å². The minimum absolute atomic E-state index is 0.189. The van der Waals surface area contributed by atoms with Crippen LogP contribution in [0.15, 0.2) is 29.4 Å². The van der Waals surface area contributed by atoms with Crippen LogP contribution in [0.1, 0.15) is 31.5 Å². The van der Waals surface area contributed by atoms with Gasteiger partial charge in [-0.15, -0.1) is 15.3 Å². The number of thioether (sulfide) groups is 1. The minimum atomic E-state index is 0.189. The fourth-order valence-electron chi connectivity index (χ4n) is 3.31. The normalized spacial score (nSPS) is 15.2. The molecule has 0 saturated carbocycles. The zero-order valence-corrected chi connectivity index (χ0v) is 16.2. The van der Waals surface area contributed by atoms with Crippen molar-refractivity contribution in [3.63, 3.8) is 0 Å². The Kier molecular flexibility index (Phi) is 5.38. The number of carbonyl (C=O) groups is 1. The summed E-state index contributed by atoms with van der Waals surface area (Å²) in [6, 6.07) is 7.83. The molecule has 0 atom stereocenters. The molecule has 3 aromatic rings. The number of benzene rings is 1. The van der Waals surface area contributed by atoms with Gasteiger partial charge in [-0.3, -0.25) is 4.79 Å². The number of amides is 1. The highest BCUT2D eigenvalue weighted by atomic mass is 32.2. The Morgan fingerprint density at radius 2 is 1.85 bits per heavy atom. The van der Waals surface area contributed by atoms with E-state index >= 15 is 0 Å². The molecule has 1 aromatic carbocycles. The zero-order valence-electron chi connectivity index (χ0n) is 15.4. The van der Waals surface area contributed by atoms with Crippen LogP contribution in [0.5, 0.6) is 0 Å². The molecule has 1 fully saturated rings. The highest BCUT2D eigenvalue weighted by molar-refractivity contribution is 7.99. The number of hydrogen-bond donors (Lipinski definition) is 0. The van der Waals surface area contributed by atoms with Crippen molar-refractivity contribution >= 4 is 28.7 Å². The Morgan fingerprint density at radius 1 is 1.07 bits per heavy atom. The summed E-state index contributed by atoms with van der Waals surface area (Å²) >= 11 is 1.45. The Hall–Kier alpha value is -2.42. The summed E-state index contributed by atoms with van der Waals surface area (Å²) in [5.41, 5.74) is 1.82. The van der Waals surface area contributed by atoms with Gasteiger partial charge in [-0.25, -0.2) is 4.68 Å². The first-order valence-electron chi connectivity index (χ1n) is 9.29. The van der Waals surface area contributed by atoms with Gasteiger partial charge in [0.25, 0.3) is 0 Å². The number of aromatic nitrogens is 6. The van der Waals surface area contributed by atoms with Crippen molar-refractivity contribution in [2.45, 2.75) is 37.4 Å². The highest BCUT2D eigenvalue weighted by Crippen LogP contribution is 2.19. The predicted molar refractivity (Wildman–Crippen MR) is 103 cm³/mol. The van der Waals surface area contributed by atoms with E-state index in [1.807, 2.05) is 45.5 Å². The largest absolute Gasteiger partial charge is 0.342 e. The second-order valence-electron chi connectivity index (χ2n) is 6.78. The van der Waals surface area contributed by atoms with E-state index in [4.69, 9.17) is 0 Å². The van der Waals surface area contributed by atoms with E-state index in [1.54, 1.807) is 0 Å². The first kappa shape index (κ1) is 18.0. The number of para-hydroxylation sites is 1. The van der Waals surface area contributed by atoms with Crippen molar-refractivity contribution in [2.24, 2.45) is 7.05 Å². The van der Waals surface area contributed by atoms with Crippen molar-refractivity contribution in [2.75, 3.05) is 18.8 Å². The molecule has 0 radical (unpaired) electrons. The van der Waals surface area contributed by atoms with Crippen LogP contribution in [-0.2, 0) is 18.4 Å². The monoisotopic (exact) mass is 385 g/mol. The summed E-state index contributed by atoms with van der Waals surface area (Å²) in [4.78, 5) is 14.5. The molecule has 1 aliphatic rings. The fraction of sp³-hybridized carbons (Fsp3) is 0.500. The molecule has 1 amide bonds. The summed E-state index contributed by atoms with van der Waals surface area (Å²) in [5, 5.41) is 17.7. The Labute approximate surface area is 161 Å². The van der Waals surface area contributed by atoms with Crippen molar-refractivity contribution in [1.82, 2.24) is 34.7 Å². The van der Waals surface area contributed by atoms with E-state index in [0.717, 1.165) is 47.9 Å². The number of carbonyl (C=O) groups excluding carboxylic acids is 1. The molecule has 0 bridgehead atoms. The molecular formula is C18H23N7OS. The van der Waals surface area contributed by atoms with Gasteiger partial charge in [0.2, 0.25) is 5.91 Å². The third kappa shape index (κ3) is 3.97. The number of rotatable bonds is 5. The summed E-state index contributed by atoms with van der Waals surface area (Å²) in [5.74, 6) is 1.38. The van der Waals surface area contributed by atoms with Gasteiger partial charge in [0.05, 0.1) is 11.3 Å². The zero-order chi connectivity index (χ0) is 18.6. The predicted octanol–water partition coefficient (Wildman–Crippen LogP) is 2.10. The number of hydrogen-bond acceptors (Lipinski definition) is 6. The van der Waals surface area contributed by atoms with Crippen molar-refractivity contribution in [3.05, 3.63) is 30.1 Å². The van der Waals surface area contributed by atoms with Gasteiger partial charge in [0.1, 0.15) is 12.1 Å². The van der Waals surface area contributed by atoms with Crippen LogP contribution in [0, 0.1) is 0 Å². The van der Waals surface area contributed by atoms with Gasteiger partial charge in [-0.2, -0.15) is 0 Å². The Balaban J connectivity index is 1.40. The molecule has 3 heterocycles. The quantitative estimate of drug-likeness (QED) is 0.626. The smallest absolute Gasteiger partial charge is 0.233 e. The Morgan fingerprint density at radius 3 is 2.67 bits per heavy atom. The third-order valence-corrected chi connectivity index (χ3v) is 5.93. The minimum Gasteiger partial charge on any atom is -0.342 e. The van der Waals surface area contributed by atoms with Gasteiger partial charge < -0.3 is 9.47 Å². The molecule has 9 heteroatoms. The van der Waals surface area contributed by atoms with Crippen molar-refractivity contribution in [1.29, 1.82) is 0 Å². The van der Waals surface area contributed by atoms with Crippen LogP contribution < -0.4 is 0 Å². The van der Waals surface area contributed by atoms with Gasteiger partial charge in [0.15, 0.2) is 11.0 Å². The first-order valence-corrected chi connectivity index (χ1v) is 10.3. The average molecular weight is 385 g/mol. The second-order valence-corrected chi connectivity index (χ2v) is 7.72. The maximum atomic E-state index is 12.5. The molecule has 0 aliphatic carbocycles. The maximum absolute atomic E-state index is 12.5. The molecule has 27 heavy (non-hydrogen) atoms. The van der Waals surface area contributed by atoms with Crippen LogP contribution in [-0.4, -0.2) is 59.4 Å². The van der Waals surface area contributed by atoms with E-state index in [1.165, 1.54) is 24.6 Å². The standard InChI is InChI=1S/C18H23N7OS/c1-23-16(12-25-15-9-5-4-8-14(15)19-22-25)20-21-18(23)27-13-17(26)24-10-6-2-3-7-11-24/h4-5,8-9H,2-3,6-7,10-13H2,1H3.